The molecule has 1 aliphatic carbocycles. The SMILES string of the molecule is NS(=O)(=O)C1(c2ccc3c(c2)OCO3)C=CC=CC1c1ccc(F)cc1. The van der Waals surface area contributed by atoms with Gasteiger partial charge in [-0.2, -0.15) is 0 Å². The zero-order valence-electron chi connectivity index (χ0n) is 13.6. The van der Waals surface area contributed by atoms with Gasteiger partial charge in [0, 0.05) is 5.92 Å². The molecule has 2 N–H and O–H groups in total. The van der Waals surface area contributed by atoms with Crippen LogP contribution in [0.15, 0.2) is 66.8 Å². The smallest absolute Gasteiger partial charge is 0.231 e. The highest BCUT2D eigenvalue weighted by Gasteiger charge is 2.49. The second kappa shape index (κ2) is 5.96. The average Bonchev–Trinajstić information content (AvgIpc) is 3.09. The molecular formula is C19H16FNO4S. The van der Waals surface area contributed by atoms with E-state index in [0.717, 1.165) is 0 Å². The van der Waals surface area contributed by atoms with Crippen LogP contribution in [0.2, 0.25) is 0 Å². The number of hydrogen-bond acceptors (Lipinski definition) is 4. The highest BCUT2D eigenvalue weighted by atomic mass is 32.2. The average molecular weight is 373 g/mol. The summed E-state index contributed by atoms with van der Waals surface area (Å²) in [6.45, 7) is 0.0816. The van der Waals surface area contributed by atoms with E-state index in [1.54, 1.807) is 54.6 Å². The van der Waals surface area contributed by atoms with Crippen LogP contribution in [-0.2, 0) is 14.8 Å². The van der Waals surface area contributed by atoms with Crippen LogP contribution in [0.4, 0.5) is 4.39 Å². The molecule has 0 bridgehead atoms. The van der Waals surface area contributed by atoms with Crippen LogP contribution in [0, 0.1) is 5.82 Å². The van der Waals surface area contributed by atoms with Crippen molar-refractivity contribution in [3.05, 3.63) is 83.7 Å². The Balaban J connectivity index is 1.94. The first-order valence-corrected chi connectivity index (χ1v) is 9.50. The molecule has 2 aromatic carbocycles. The van der Waals surface area contributed by atoms with Crippen molar-refractivity contribution in [3.8, 4) is 11.5 Å². The number of primary sulfonamides is 1. The van der Waals surface area contributed by atoms with Crippen LogP contribution < -0.4 is 14.6 Å². The molecule has 1 aliphatic heterocycles. The van der Waals surface area contributed by atoms with Gasteiger partial charge in [-0.05, 0) is 35.4 Å². The van der Waals surface area contributed by atoms with Crippen molar-refractivity contribution in [1.82, 2.24) is 0 Å². The normalized spacial score (nSPS) is 24.0. The molecule has 0 fully saturated rings. The molecule has 0 amide bonds. The van der Waals surface area contributed by atoms with Gasteiger partial charge in [-0.15, -0.1) is 0 Å². The fourth-order valence-electron chi connectivity index (χ4n) is 3.50. The first-order chi connectivity index (χ1) is 12.4. The van der Waals surface area contributed by atoms with Crippen LogP contribution in [0.1, 0.15) is 17.0 Å². The largest absolute Gasteiger partial charge is 0.454 e. The third kappa shape index (κ3) is 2.51. The van der Waals surface area contributed by atoms with Crippen molar-refractivity contribution in [3.63, 3.8) is 0 Å². The third-order valence-electron chi connectivity index (χ3n) is 4.74. The Morgan fingerprint density at radius 3 is 2.50 bits per heavy atom. The molecule has 0 radical (unpaired) electrons. The lowest BCUT2D eigenvalue weighted by Crippen LogP contribution is -2.44. The van der Waals surface area contributed by atoms with Gasteiger partial charge in [0.1, 0.15) is 10.6 Å². The molecule has 26 heavy (non-hydrogen) atoms. The van der Waals surface area contributed by atoms with Gasteiger partial charge in [0.2, 0.25) is 16.8 Å². The van der Waals surface area contributed by atoms with Crippen LogP contribution >= 0.6 is 0 Å². The first kappa shape index (κ1) is 16.8. The Labute approximate surface area is 150 Å². The second-order valence-corrected chi connectivity index (χ2v) is 7.94. The highest BCUT2D eigenvalue weighted by molar-refractivity contribution is 7.90. The maximum Gasteiger partial charge on any atom is 0.231 e. The van der Waals surface area contributed by atoms with Gasteiger partial charge in [-0.3, -0.25) is 0 Å². The summed E-state index contributed by atoms with van der Waals surface area (Å²) in [7, 11) is -4.09. The maximum absolute atomic E-state index is 13.3. The fraction of sp³-hybridized carbons (Fsp3) is 0.158. The Bertz CT molecular complexity index is 1010. The zero-order valence-corrected chi connectivity index (χ0v) is 14.4. The number of nitrogens with two attached hydrogens (primary N) is 1. The van der Waals surface area contributed by atoms with Crippen LogP contribution in [0.3, 0.4) is 0 Å². The summed E-state index contributed by atoms with van der Waals surface area (Å²) >= 11 is 0. The van der Waals surface area contributed by atoms with E-state index in [4.69, 9.17) is 14.6 Å². The summed E-state index contributed by atoms with van der Waals surface area (Å²) in [6, 6.07) is 10.7. The highest BCUT2D eigenvalue weighted by Crippen LogP contribution is 2.48. The van der Waals surface area contributed by atoms with E-state index in [2.05, 4.69) is 0 Å². The number of benzene rings is 2. The summed E-state index contributed by atoms with van der Waals surface area (Å²) in [5.74, 6) is -0.00449. The number of fused-ring (bicyclic) bond motifs is 1. The Morgan fingerprint density at radius 1 is 1.04 bits per heavy atom. The van der Waals surface area contributed by atoms with Gasteiger partial charge in [-0.25, -0.2) is 17.9 Å². The second-order valence-electron chi connectivity index (χ2n) is 6.18. The minimum Gasteiger partial charge on any atom is -0.454 e. The van der Waals surface area contributed by atoms with Gasteiger partial charge in [0.25, 0.3) is 0 Å². The molecule has 5 nitrogen and oxygen atoms in total. The van der Waals surface area contributed by atoms with Crippen LogP contribution in [-0.4, -0.2) is 15.2 Å². The number of allylic oxidation sites excluding steroid dienone is 3. The minimum atomic E-state index is -4.09. The molecule has 2 atom stereocenters. The van der Waals surface area contributed by atoms with Crippen molar-refractivity contribution in [1.29, 1.82) is 0 Å². The molecule has 0 aromatic heterocycles. The van der Waals surface area contributed by atoms with E-state index < -0.39 is 26.5 Å². The summed E-state index contributed by atoms with van der Waals surface area (Å²) in [5.41, 5.74) is 1.10. The van der Waals surface area contributed by atoms with E-state index >= 15 is 0 Å². The number of sulfonamides is 1. The standard InChI is InChI=1S/C19H16FNO4S/c20-15-7-4-13(5-8-15)16-3-1-2-10-19(16,26(21,22)23)14-6-9-17-18(11-14)25-12-24-17/h1-11,16H,12H2,(H2,21,22,23). The number of halogens is 1. The van der Waals surface area contributed by atoms with Gasteiger partial charge in [0.05, 0.1) is 0 Å². The van der Waals surface area contributed by atoms with Gasteiger partial charge in [0.15, 0.2) is 11.5 Å². The van der Waals surface area contributed by atoms with E-state index in [0.29, 0.717) is 22.6 Å². The molecule has 0 saturated carbocycles. The molecule has 4 rings (SSSR count). The molecule has 1 heterocycles. The van der Waals surface area contributed by atoms with E-state index in [1.807, 2.05) is 0 Å². The third-order valence-corrected chi connectivity index (χ3v) is 6.31. The maximum atomic E-state index is 13.3. The summed E-state index contributed by atoms with van der Waals surface area (Å²) < 4.78 is 48.1. The quantitative estimate of drug-likeness (QED) is 0.897. The molecule has 2 aromatic rings. The monoisotopic (exact) mass is 373 g/mol. The van der Waals surface area contributed by atoms with Crippen molar-refractivity contribution in [2.45, 2.75) is 10.7 Å². The van der Waals surface area contributed by atoms with Gasteiger partial charge < -0.3 is 9.47 Å². The Kier molecular flexibility index (Phi) is 3.86. The Hall–Kier alpha value is -2.64. The predicted octanol–water partition coefficient (Wildman–Crippen LogP) is 2.95. The molecule has 134 valence electrons. The fourth-order valence-corrected chi connectivity index (χ4v) is 4.79. The predicted molar refractivity (Wildman–Crippen MR) is 94.8 cm³/mol. The van der Waals surface area contributed by atoms with E-state index in [9.17, 15) is 12.8 Å². The van der Waals surface area contributed by atoms with Crippen molar-refractivity contribution in [2.75, 3.05) is 6.79 Å². The lowest BCUT2D eigenvalue weighted by molar-refractivity contribution is 0.174. The topological polar surface area (TPSA) is 78.6 Å². The molecule has 0 spiro atoms. The molecular weight excluding hydrogens is 357 g/mol. The zero-order chi connectivity index (χ0) is 18.4. The lowest BCUT2D eigenvalue weighted by Gasteiger charge is -2.37. The van der Waals surface area contributed by atoms with Gasteiger partial charge >= 0.3 is 0 Å². The van der Waals surface area contributed by atoms with Crippen molar-refractivity contribution < 1.29 is 22.3 Å². The summed E-state index contributed by atoms with van der Waals surface area (Å²) in [5, 5.41) is 5.72. The number of hydrogen-bond donors (Lipinski definition) is 1. The Morgan fingerprint density at radius 2 is 1.77 bits per heavy atom. The lowest BCUT2D eigenvalue weighted by atomic mass is 9.78. The minimum absolute atomic E-state index is 0.0816. The summed E-state index contributed by atoms with van der Waals surface area (Å²) in [4.78, 5) is 0. The first-order valence-electron chi connectivity index (χ1n) is 7.96. The van der Waals surface area contributed by atoms with Gasteiger partial charge in [-0.1, -0.05) is 42.5 Å². The van der Waals surface area contributed by atoms with E-state index in [-0.39, 0.29) is 6.79 Å². The number of ether oxygens (including phenoxy) is 2. The van der Waals surface area contributed by atoms with Crippen LogP contribution in [0.5, 0.6) is 11.5 Å². The molecule has 7 heteroatoms. The van der Waals surface area contributed by atoms with Crippen LogP contribution in [0.25, 0.3) is 0 Å². The number of rotatable bonds is 3. The molecule has 2 unspecified atom stereocenters. The molecule has 2 aliphatic rings. The summed E-state index contributed by atoms with van der Waals surface area (Å²) in [6.07, 6.45) is 6.72. The molecule has 0 saturated heterocycles. The van der Waals surface area contributed by atoms with E-state index in [1.165, 1.54) is 12.1 Å². The van der Waals surface area contributed by atoms with Crippen molar-refractivity contribution >= 4 is 10.0 Å². The van der Waals surface area contributed by atoms with Crippen molar-refractivity contribution in [2.24, 2.45) is 5.14 Å².